The Morgan fingerprint density at radius 1 is 0.700 bits per heavy atom. The number of likely N-dealkylation sites (tertiary alicyclic amines) is 1. The van der Waals surface area contributed by atoms with Gasteiger partial charge in [-0.25, -0.2) is 9.97 Å². The normalized spacial score (nSPS) is 15.5. The van der Waals surface area contributed by atoms with Gasteiger partial charge < -0.3 is 38.7 Å². The SMILES string of the molecule is CC[C@@H](c1nc2ccc(-c3ccc(-c4ccc5nc([C@@H]6CCCN6C(=O)Cc6ccc7c(c6)OCO7)[nH]c5c4)cc3)cc2[nH]1)N(C)C(=O)Cc1ccc2c(c1)OCO2.S.S. The number of imidazole rings is 2. The molecule has 14 heteroatoms. The van der Waals surface area contributed by atoms with Gasteiger partial charge in [-0.3, -0.25) is 9.59 Å². The third kappa shape index (κ3) is 7.72. The van der Waals surface area contributed by atoms with Crippen molar-refractivity contribution in [1.82, 2.24) is 29.7 Å². The molecular weight excluding hydrogens is 797 g/mol. The average molecular weight is 843 g/mol. The topological polar surface area (TPSA) is 135 Å². The van der Waals surface area contributed by atoms with E-state index in [1.54, 1.807) is 4.90 Å². The highest BCUT2D eigenvalue weighted by molar-refractivity contribution is 7.59. The zero-order valence-electron chi connectivity index (χ0n) is 33.3. The first kappa shape index (κ1) is 40.7. The number of H-pyrrole nitrogens is 2. The highest BCUT2D eigenvalue weighted by atomic mass is 32.1. The van der Waals surface area contributed by atoms with Crippen molar-refractivity contribution in [2.24, 2.45) is 0 Å². The van der Waals surface area contributed by atoms with E-state index in [0.717, 1.165) is 79.9 Å². The van der Waals surface area contributed by atoms with Crippen LogP contribution in [0, 0.1) is 0 Å². The predicted molar refractivity (Wildman–Crippen MR) is 239 cm³/mol. The number of hydrogen-bond acceptors (Lipinski definition) is 8. The van der Waals surface area contributed by atoms with E-state index in [-0.39, 0.29) is 70.9 Å². The largest absolute Gasteiger partial charge is 0.454 e. The van der Waals surface area contributed by atoms with Crippen LogP contribution in [0.5, 0.6) is 23.0 Å². The fraction of sp³-hybridized carbons (Fsp3) is 0.261. The lowest BCUT2D eigenvalue weighted by Gasteiger charge is -2.26. The summed E-state index contributed by atoms with van der Waals surface area (Å²) in [5.74, 6) is 4.44. The van der Waals surface area contributed by atoms with Crippen molar-refractivity contribution in [3.8, 4) is 45.3 Å². The van der Waals surface area contributed by atoms with Crippen LogP contribution >= 0.6 is 27.0 Å². The summed E-state index contributed by atoms with van der Waals surface area (Å²) in [5.41, 5.74) is 9.70. The highest BCUT2D eigenvalue weighted by Gasteiger charge is 2.32. The Balaban J connectivity index is 0.00000249. The van der Waals surface area contributed by atoms with E-state index >= 15 is 0 Å². The molecule has 10 rings (SSSR count). The van der Waals surface area contributed by atoms with Crippen molar-refractivity contribution in [3.63, 3.8) is 0 Å². The molecule has 12 nitrogen and oxygen atoms in total. The Kier molecular flexibility index (Phi) is 11.4. The van der Waals surface area contributed by atoms with E-state index in [9.17, 15) is 9.59 Å². The molecule has 2 atom stereocenters. The molecule has 7 aromatic rings. The van der Waals surface area contributed by atoms with Crippen molar-refractivity contribution in [1.29, 1.82) is 0 Å². The molecule has 1 saturated heterocycles. The van der Waals surface area contributed by atoms with Crippen LogP contribution < -0.4 is 18.9 Å². The summed E-state index contributed by atoms with van der Waals surface area (Å²) in [4.78, 5) is 47.5. The van der Waals surface area contributed by atoms with Crippen LogP contribution in [-0.2, 0) is 22.4 Å². The number of carbonyl (C=O) groups is 2. The molecule has 5 aromatic carbocycles. The Morgan fingerprint density at radius 3 is 1.87 bits per heavy atom. The molecule has 3 aliphatic heterocycles. The zero-order valence-corrected chi connectivity index (χ0v) is 35.3. The maximum absolute atomic E-state index is 13.5. The Morgan fingerprint density at radius 2 is 1.25 bits per heavy atom. The summed E-state index contributed by atoms with van der Waals surface area (Å²) in [6.07, 6.45) is 3.07. The Labute approximate surface area is 361 Å². The van der Waals surface area contributed by atoms with Crippen LogP contribution in [0.4, 0.5) is 0 Å². The fourth-order valence-electron chi connectivity index (χ4n) is 8.44. The molecule has 0 bridgehead atoms. The summed E-state index contributed by atoms with van der Waals surface area (Å²) >= 11 is 0. The number of aromatic nitrogens is 4. The first-order chi connectivity index (χ1) is 28.4. The zero-order chi connectivity index (χ0) is 39.3. The Bertz CT molecular complexity index is 2620. The number of rotatable bonds is 10. The minimum atomic E-state index is -0.202. The number of nitrogens with zero attached hydrogens (tertiary/aromatic N) is 4. The van der Waals surface area contributed by atoms with Gasteiger partial charge in [0.15, 0.2) is 23.0 Å². The summed E-state index contributed by atoms with van der Waals surface area (Å²) in [7, 11) is 1.84. The van der Waals surface area contributed by atoms with Gasteiger partial charge in [-0.1, -0.05) is 55.5 Å². The van der Waals surface area contributed by atoms with Gasteiger partial charge in [0.2, 0.25) is 25.4 Å². The molecule has 60 heavy (non-hydrogen) atoms. The Hall–Kier alpha value is -6.12. The van der Waals surface area contributed by atoms with Crippen molar-refractivity contribution in [2.75, 3.05) is 27.2 Å². The van der Waals surface area contributed by atoms with Gasteiger partial charge in [0.05, 0.1) is 47.0 Å². The third-order valence-corrected chi connectivity index (χ3v) is 11.6. The second-order valence-electron chi connectivity index (χ2n) is 15.2. The number of hydrogen-bond donors (Lipinski definition) is 2. The van der Waals surface area contributed by atoms with Gasteiger partial charge in [-0.2, -0.15) is 27.0 Å². The van der Waals surface area contributed by atoms with Crippen LogP contribution in [0.3, 0.4) is 0 Å². The number of benzene rings is 5. The quantitative estimate of drug-likeness (QED) is 0.140. The van der Waals surface area contributed by atoms with E-state index in [2.05, 4.69) is 65.4 Å². The molecule has 2 amide bonds. The molecule has 0 unspecified atom stereocenters. The molecule has 3 aliphatic rings. The lowest BCUT2D eigenvalue weighted by atomic mass is 10.00. The van der Waals surface area contributed by atoms with E-state index < -0.39 is 0 Å². The first-order valence-electron chi connectivity index (χ1n) is 19.8. The van der Waals surface area contributed by atoms with Gasteiger partial charge in [-0.15, -0.1) is 0 Å². The standard InChI is InChI=1S/C46H42N6O6.2H2S/c1-3-37(51(2)43(53)21-27-6-16-39-41(19-27)57-25-55-39)45-47-33-14-12-31(23-35(33)49-45)29-8-10-30(11-9-29)32-13-15-34-36(24-32)50-46(48-34)38-5-4-18-52(38)44(54)22-28-7-17-40-42(20-28)58-26-56-40;;/h6-17,19-20,23-24,37-38H,3-5,18,21-22,25-26H2,1-2H3,(H,47,49)(H,48,50);2*1H2/t37-,38-;;/m0../s1. The van der Waals surface area contributed by atoms with E-state index in [4.69, 9.17) is 28.9 Å². The van der Waals surface area contributed by atoms with E-state index in [1.165, 1.54) is 0 Å². The van der Waals surface area contributed by atoms with Crippen LogP contribution in [0.15, 0.2) is 97.1 Å². The van der Waals surface area contributed by atoms with Crippen LogP contribution in [0.2, 0.25) is 0 Å². The lowest BCUT2D eigenvalue weighted by Crippen LogP contribution is -2.32. The number of aromatic amines is 2. The van der Waals surface area contributed by atoms with E-state index in [0.29, 0.717) is 42.4 Å². The predicted octanol–water partition coefficient (Wildman–Crippen LogP) is 8.51. The maximum Gasteiger partial charge on any atom is 0.231 e. The van der Waals surface area contributed by atoms with E-state index in [1.807, 2.05) is 60.5 Å². The monoisotopic (exact) mass is 842 g/mol. The summed E-state index contributed by atoms with van der Waals surface area (Å²) in [6.45, 7) is 3.18. The fourth-order valence-corrected chi connectivity index (χ4v) is 8.44. The van der Waals surface area contributed by atoms with Gasteiger partial charge >= 0.3 is 0 Å². The molecule has 0 radical (unpaired) electrons. The number of fused-ring (bicyclic) bond motifs is 4. The van der Waals surface area contributed by atoms with Crippen LogP contribution in [0.1, 0.15) is 61.0 Å². The van der Waals surface area contributed by atoms with Gasteiger partial charge in [0, 0.05) is 13.6 Å². The average Bonchev–Trinajstić information content (AvgIpc) is 4.10. The van der Waals surface area contributed by atoms with Crippen molar-refractivity contribution >= 4 is 60.9 Å². The number of ether oxygens (including phenoxy) is 4. The summed E-state index contributed by atoms with van der Waals surface area (Å²) in [6, 6.07) is 32.1. The molecule has 0 spiro atoms. The van der Waals surface area contributed by atoms with Crippen LogP contribution in [0.25, 0.3) is 44.3 Å². The number of nitrogens with one attached hydrogen (secondary N) is 2. The van der Waals surface area contributed by atoms with Gasteiger partial charge in [-0.05, 0) is 101 Å². The maximum atomic E-state index is 13.5. The molecule has 0 aliphatic carbocycles. The minimum Gasteiger partial charge on any atom is -0.454 e. The summed E-state index contributed by atoms with van der Waals surface area (Å²) in [5, 5.41) is 0. The molecule has 5 heterocycles. The highest BCUT2D eigenvalue weighted by Crippen LogP contribution is 2.37. The number of carbonyl (C=O) groups excluding carboxylic acids is 2. The van der Waals surface area contributed by atoms with Crippen molar-refractivity contribution < 1.29 is 28.5 Å². The minimum absolute atomic E-state index is 0. The number of likely N-dealkylation sites (N-methyl/N-ethyl adjacent to an activating group) is 1. The molecule has 308 valence electrons. The van der Waals surface area contributed by atoms with Crippen LogP contribution in [-0.4, -0.2) is 68.7 Å². The smallest absolute Gasteiger partial charge is 0.231 e. The molecule has 2 N–H and O–H groups in total. The molecule has 0 saturated carbocycles. The second kappa shape index (κ2) is 16.9. The van der Waals surface area contributed by atoms with Crippen molar-refractivity contribution in [3.05, 3.63) is 120 Å². The number of amides is 2. The third-order valence-electron chi connectivity index (χ3n) is 11.6. The molecule has 2 aromatic heterocycles. The molecular formula is C46H46N6O6S2. The van der Waals surface area contributed by atoms with Crippen molar-refractivity contribution in [2.45, 2.75) is 51.1 Å². The lowest BCUT2D eigenvalue weighted by molar-refractivity contribution is -0.132. The summed E-state index contributed by atoms with van der Waals surface area (Å²) < 4.78 is 21.9. The van der Waals surface area contributed by atoms with Gasteiger partial charge in [0.25, 0.3) is 0 Å². The molecule has 1 fully saturated rings. The first-order valence-corrected chi connectivity index (χ1v) is 19.8. The second-order valence-corrected chi connectivity index (χ2v) is 15.2. The van der Waals surface area contributed by atoms with Gasteiger partial charge in [0.1, 0.15) is 11.6 Å².